The third-order valence-electron chi connectivity index (χ3n) is 6.28. The fourth-order valence-electron chi connectivity index (χ4n) is 4.43. The molecule has 8 heteroatoms. The lowest BCUT2D eigenvalue weighted by Gasteiger charge is -2.37. The number of rotatable bonds is 8. The van der Waals surface area contributed by atoms with E-state index in [-0.39, 0.29) is 11.3 Å². The standard InChI is InChI=1S/C24H26N4O3S/c1-3-28(4-2,16-15-23(25)29)21-13-7-11-19-17-26-27(24(19)21)32(30,31)22-14-8-10-18-9-5-6-12-20(18)22/h5-14,17H,3-4,15-16H2,1-2H3,(H-,25,29). The molecule has 0 aliphatic heterocycles. The lowest BCUT2D eigenvalue weighted by molar-refractivity contribution is -0.220. The Morgan fingerprint density at radius 3 is 2.38 bits per heavy atom. The van der Waals surface area contributed by atoms with Crippen LogP contribution in [0.4, 0.5) is 5.69 Å². The number of benzene rings is 3. The van der Waals surface area contributed by atoms with E-state index in [1.807, 2.05) is 56.3 Å². The van der Waals surface area contributed by atoms with E-state index in [9.17, 15) is 13.5 Å². The van der Waals surface area contributed by atoms with Gasteiger partial charge in [-0.25, -0.2) is 0 Å². The van der Waals surface area contributed by atoms with E-state index in [4.69, 9.17) is 5.41 Å². The van der Waals surface area contributed by atoms with E-state index >= 15 is 0 Å². The first kappa shape index (κ1) is 22.0. The van der Waals surface area contributed by atoms with Crippen molar-refractivity contribution in [1.29, 1.82) is 5.41 Å². The second-order valence-electron chi connectivity index (χ2n) is 7.86. The van der Waals surface area contributed by atoms with Gasteiger partial charge in [0.25, 0.3) is 10.0 Å². The molecular formula is C24H26N4O3S. The second kappa shape index (κ2) is 8.37. The van der Waals surface area contributed by atoms with Gasteiger partial charge in [-0.05, 0) is 31.2 Å². The molecule has 0 fully saturated rings. The first-order valence-corrected chi connectivity index (χ1v) is 12.1. The van der Waals surface area contributed by atoms with Crippen LogP contribution in [0, 0.1) is 5.41 Å². The molecule has 3 aromatic carbocycles. The van der Waals surface area contributed by atoms with Crippen molar-refractivity contribution >= 4 is 43.3 Å². The molecule has 0 saturated heterocycles. The number of hydrogen-bond donors (Lipinski definition) is 1. The molecule has 0 saturated carbocycles. The number of hydrogen-bond acceptors (Lipinski definition) is 5. The summed E-state index contributed by atoms with van der Waals surface area (Å²) in [6, 6.07) is 18.2. The maximum Gasteiger partial charge on any atom is 0.284 e. The molecule has 1 heterocycles. The molecule has 0 aliphatic rings. The van der Waals surface area contributed by atoms with E-state index in [1.165, 1.54) is 0 Å². The van der Waals surface area contributed by atoms with Crippen LogP contribution < -0.4 is 9.59 Å². The van der Waals surface area contributed by atoms with Gasteiger partial charge in [-0.3, -0.25) is 4.48 Å². The van der Waals surface area contributed by atoms with Crippen molar-refractivity contribution in [2.45, 2.75) is 25.2 Å². The van der Waals surface area contributed by atoms with Gasteiger partial charge in [0, 0.05) is 23.3 Å². The van der Waals surface area contributed by atoms with Gasteiger partial charge in [-0.15, -0.1) is 4.09 Å². The summed E-state index contributed by atoms with van der Waals surface area (Å²) in [5.41, 5.74) is 1.30. The molecule has 0 amide bonds. The summed E-state index contributed by atoms with van der Waals surface area (Å²) < 4.78 is 29.2. The zero-order chi connectivity index (χ0) is 22.9. The van der Waals surface area contributed by atoms with Crippen molar-refractivity contribution in [3.05, 3.63) is 66.9 Å². The summed E-state index contributed by atoms with van der Waals surface area (Å²) in [4.78, 5) is 0.197. The SMILES string of the molecule is CC[N+](CC)(CCC(=N)[O-])c1cccc2cnn(S(=O)(=O)c3cccc4ccccc34)c12. The van der Waals surface area contributed by atoms with Crippen LogP contribution in [-0.2, 0) is 10.0 Å². The zero-order valence-corrected chi connectivity index (χ0v) is 19.0. The summed E-state index contributed by atoms with van der Waals surface area (Å²) in [7, 11) is -3.99. The van der Waals surface area contributed by atoms with Crippen LogP contribution in [0.15, 0.2) is 71.8 Å². The van der Waals surface area contributed by atoms with Gasteiger partial charge < -0.3 is 10.5 Å². The van der Waals surface area contributed by atoms with Crippen LogP contribution in [0.5, 0.6) is 0 Å². The minimum Gasteiger partial charge on any atom is -0.862 e. The van der Waals surface area contributed by atoms with Crippen molar-refractivity contribution in [2.75, 3.05) is 19.6 Å². The Bertz CT molecular complexity index is 1400. The predicted octanol–water partition coefficient (Wildman–Crippen LogP) is 3.50. The Labute approximate surface area is 187 Å². The molecule has 0 radical (unpaired) electrons. The van der Waals surface area contributed by atoms with E-state index in [1.54, 1.807) is 24.4 Å². The van der Waals surface area contributed by atoms with Crippen LogP contribution in [0.25, 0.3) is 21.7 Å². The number of quaternary nitrogens is 1. The number of fused-ring (bicyclic) bond motifs is 2. The summed E-state index contributed by atoms with van der Waals surface area (Å²) in [6.45, 7) is 5.76. The number of aromatic nitrogens is 2. The molecule has 1 N–H and O–H groups in total. The van der Waals surface area contributed by atoms with Crippen LogP contribution in [-0.4, -0.2) is 43.1 Å². The lowest BCUT2D eigenvalue weighted by Crippen LogP contribution is -2.51. The molecular weight excluding hydrogens is 424 g/mol. The molecule has 0 spiro atoms. The Morgan fingerprint density at radius 1 is 1.00 bits per heavy atom. The van der Waals surface area contributed by atoms with E-state index < -0.39 is 15.9 Å². The Balaban J connectivity index is 1.98. The fraction of sp³-hybridized carbons (Fsp3) is 0.250. The van der Waals surface area contributed by atoms with Gasteiger partial charge in [0.2, 0.25) is 0 Å². The van der Waals surface area contributed by atoms with Crippen molar-refractivity contribution in [3.63, 3.8) is 0 Å². The maximum absolute atomic E-state index is 13.9. The second-order valence-corrected chi connectivity index (χ2v) is 9.60. The maximum atomic E-state index is 13.9. The van der Waals surface area contributed by atoms with Crippen molar-refractivity contribution in [3.8, 4) is 0 Å². The smallest absolute Gasteiger partial charge is 0.284 e. The topological polar surface area (TPSA) is 98.9 Å². The van der Waals surface area contributed by atoms with Gasteiger partial charge in [-0.2, -0.15) is 13.5 Å². The van der Waals surface area contributed by atoms with E-state index in [2.05, 4.69) is 5.10 Å². The van der Waals surface area contributed by atoms with Gasteiger partial charge >= 0.3 is 0 Å². The minimum atomic E-state index is -3.99. The van der Waals surface area contributed by atoms with E-state index in [0.717, 1.165) is 15.2 Å². The monoisotopic (exact) mass is 450 g/mol. The molecule has 0 atom stereocenters. The molecule has 0 aliphatic carbocycles. The fourth-order valence-corrected chi connectivity index (χ4v) is 5.94. The Morgan fingerprint density at radius 2 is 1.66 bits per heavy atom. The van der Waals surface area contributed by atoms with Gasteiger partial charge in [0.1, 0.15) is 5.52 Å². The highest BCUT2D eigenvalue weighted by molar-refractivity contribution is 7.90. The van der Waals surface area contributed by atoms with Crippen molar-refractivity contribution in [1.82, 2.24) is 13.7 Å². The average molecular weight is 451 g/mol. The number of para-hydroxylation sites is 1. The summed E-state index contributed by atoms with van der Waals surface area (Å²) in [5, 5.41) is 25.3. The van der Waals surface area contributed by atoms with E-state index in [0.29, 0.717) is 40.4 Å². The summed E-state index contributed by atoms with van der Waals surface area (Å²) in [5.74, 6) is -0.626. The van der Waals surface area contributed by atoms with Crippen LogP contribution in [0.3, 0.4) is 0 Å². The molecule has 166 valence electrons. The molecule has 1 aromatic heterocycles. The molecule has 7 nitrogen and oxygen atoms in total. The Kier molecular flexibility index (Phi) is 5.75. The first-order valence-electron chi connectivity index (χ1n) is 10.7. The molecule has 4 aromatic rings. The highest BCUT2D eigenvalue weighted by atomic mass is 32.2. The summed E-state index contributed by atoms with van der Waals surface area (Å²) in [6.07, 6.45) is 1.67. The zero-order valence-electron chi connectivity index (χ0n) is 18.2. The predicted molar refractivity (Wildman–Crippen MR) is 126 cm³/mol. The van der Waals surface area contributed by atoms with Crippen LogP contribution >= 0.6 is 0 Å². The molecule has 4 rings (SSSR count). The minimum absolute atomic E-state index is 0.0995. The molecule has 32 heavy (non-hydrogen) atoms. The molecule has 0 bridgehead atoms. The number of nitrogens with zero attached hydrogens (tertiary/aromatic N) is 3. The third-order valence-corrected chi connectivity index (χ3v) is 7.93. The first-order chi connectivity index (χ1) is 15.3. The largest absolute Gasteiger partial charge is 0.862 e. The third kappa shape index (κ3) is 3.55. The van der Waals surface area contributed by atoms with Gasteiger partial charge in [0.15, 0.2) is 5.69 Å². The van der Waals surface area contributed by atoms with Crippen molar-refractivity contribution in [2.24, 2.45) is 0 Å². The normalized spacial score (nSPS) is 12.4. The Hall–Kier alpha value is -3.23. The van der Waals surface area contributed by atoms with Gasteiger partial charge in [0.05, 0.1) is 30.7 Å². The quantitative estimate of drug-likeness (QED) is 0.252. The summed E-state index contributed by atoms with van der Waals surface area (Å²) >= 11 is 0. The van der Waals surface area contributed by atoms with Crippen LogP contribution in [0.1, 0.15) is 20.3 Å². The highest BCUT2D eigenvalue weighted by Crippen LogP contribution is 2.35. The van der Waals surface area contributed by atoms with Crippen LogP contribution in [0.2, 0.25) is 0 Å². The lowest BCUT2D eigenvalue weighted by atomic mass is 10.1. The van der Waals surface area contributed by atoms with Crippen molar-refractivity contribution < 1.29 is 13.5 Å². The molecule has 0 unspecified atom stereocenters. The van der Waals surface area contributed by atoms with Gasteiger partial charge in [-0.1, -0.05) is 48.5 Å². The highest BCUT2D eigenvalue weighted by Gasteiger charge is 2.33. The number of nitrogens with one attached hydrogen (secondary N) is 1. The average Bonchev–Trinajstić information content (AvgIpc) is 3.25.